The third-order valence-corrected chi connectivity index (χ3v) is 5.85. The molecule has 1 aliphatic rings. The summed E-state index contributed by atoms with van der Waals surface area (Å²) in [4.78, 5) is 1.26. The van der Waals surface area contributed by atoms with Crippen molar-refractivity contribution in [2.45, 2.75) is 29.4 Å². The van der Waals surface area contributed by atoms with Crippen molar-refractivity contribution in [1.82, 2.24) is 0 Å². The molecule has 0 bridgehead atoms. The summed E-state index contributed by atoms with van der Waals surface area (Å²) >= 11 is 1.86. The molecule has 0 aromatic heterocycles. The SMILES string of the molecule is Oc1c2c(c(O)c3ccccc13)CC(Sc1ccccc1)CC2. The van der Waals surface area contributed by atoms with Gasteiger partial charge in [0, 0.05) is 32.0 Å². The lowest BCUT2D eigenvalue weighted by Crippen LogP contribution is -2.16. The van der Waals surface area contributed by atoms with Crippen molar-refractivity contribution in [3.63, 3.8) is 0 Å². The van der Waals surface area contributed by atoms with Crippen LogP contribution in [0.5, 0.6) is 11.5 Å². The maximum Gasteiger partial charge on any atom is 0.127 e. The summed E-state index contributed by atoms with van der Waals surface area (Å²) < 4.78 is 0. The average molecular weight is 322 g/mol. The fraction of sp³-hybridized carbons (Fsp3) is 0.200. The molecule has 0 heterocycles. The van der Waals surface area contributed by atoms with Gasteiger partial charge >= 0.3 is 0 Å². The molecule has 1 aliphatic carbocycles. The number of phenolic OH excluding ortho intramolecular Hbond substituents is 2. The monoisotopic (exact) mass is 322 g/mol. The van der Waals surface area contributed by atoms with Crippen molar-refractivity contribution in [1.29, 1.82) is 0 Å². The highest BCUT2D eigenvalue weighted by Crippen LogP contribution is 2.45. The first-order valence-electron chi connectivity index (χ1n) is 7.90. The molecule has 3 heteroatoms. The van der Waals surface area contributed by atoms with Crippen molar-refractivity contribution in [3.05, 3.63) is 65.7 Å². The van der Waals surface area contributed by atoms with Crippen LogP contribution < -0.4 is 0 Å². The van der Waals surface area contributed by atoms with Gasteiger partial charge in [0.2, 0.25) is 0 Å². The number of benzene rings is 3. The van der Waals surface area contributed by atoms with Crippen molar-refractivity contribution >= 4 is 22.5 Å². The quantitative estimate of drug-likeness (QED) is 0.659. The smallest absolute Gasteiger partial charge is 0.127 e. The van der Waals surface area contributed by atoms with Gasteiger partial charge in [-0.05, 0) is 31.4 Å². The van der Waals surface area contributed by atoms with Crippen LogP contribution in [-0.2, 0) is 12.8 Å². The molecular formula is C20H18O2S. The molecule has 2 N–H and O–H groups in total. The molecule has 0 saturated carbocycles. The zero-order valence-electron chi connectivity index (χ0n) is 12.7. The van der Waals surface area contributed by atoms with Crippen LogP contribution >= 0.6 is 11.8 Å². The molecule has 1 unspecified atom stereocenters. The van der Waals surface area contributed by atoms with E-state index in [4.69, 9.17) is 0 Å². The molecule has 3 aromatic rings. The highest BCUT2D eigenvalue weighted by Gasteiger charge is 2.26. The summed E-state index contributed by atoms with van der Waals surface area (Å²) in [6.45, 7) is 0. The third-order valence-electron chi connectivity index (χ3n) is 4.57. The summed E-state index contributed by atoms with van der Waals surface area (Å²) in [6.07, 6.45) is 2.61. The number of aromatic hydroxyl groups is 2. The van der Waals surface area contributed by atoms with E-state index in [-0.39, 0.29) is 0 Å². The highest BCUT2D eigenvalue weighted by molar-refractivity contribution is 8.00. The number of hydrogen-bond acceptors (Lipinski definition) is 3. The second-order valence-electron chi connectivity index (χ2n) is 6.00. The van der Waals surface area contributed by atoms with E-state index >= 15 is 0 Å². The Balaban J connectivity index is 1.72. The standard InChI is InChI=1S/C20H18O2S/c21-19-15-8-4-5-9-16(15)20(22)18-12-14(10-11-17(18)19)23-13-6-2-1-3-7-13/h1-9,14,21-22H,10-12H2. The fourth-order valence-corrected chi connectivity index (χ4v) is 4.61. The molecule has 1 atom stereocenters. The van der Waals surface area contributed by atoms with Crippen molar-refractivity contribution < 1.29 is 10.2 Å². The first-order valence-corrected chi connectivity index (χ1v) is 8.78. The fourth-order valence-electron chi connectivity index (χ4n) is 3.42. The van der Waals surface area contributed by atoms with Crippen molar-refractivity contribution in [3.8, 4) is 11.5 Å². The Kier molecular flexibility index (Phi) is 3.66. The van der Waals surface area contributed by atoms with Crippen molar-refractivity contribution in [2.75, 3.05) is 0 Å². The van der Waals surface area contributed by atoms with Gasteiger partial charge in [-0.15, -0.1) is 11.8 Å². The van der Waals surface area contributed by atoms with Crippen LogP contribution in [0.2, 0.25) is 0 Å². The zero-order valence-corrected chi connectivity index (χ0v) is 13.5. The predicted molar refractivity (Wildman–Crippen MR) is 95.4 cm³/mol. The van der Waals surface area contributed by atoms with E-state index < -0.39 is 0 Å². The van der Waals surface area contributed by atoms with Gasteiger partial charge in [-0.1, -0.05) is 42.5 Å². The maximum absolute atomic E-state index is 10.7. The van der Waals surface area contributed by atoms with Crippen LogP contribution in [0.15, 0.2) is 59.5 Å². The van der Waals surface area contributed by atoms with E-state index in [0.29, 0.717) is 16.7 Å². The lowest BCUT2D eigenvalue weighted by molar-refractivity contribution is 0.450. The minimum Gasteiger partial charge on any atom is -0.507 e. The van der Waals surface area contributed by atoms with E-state index in [1.807, 2.05) is 42.1 Å². The van der Waals surface area contributed by atoms with Gasteiger partial charge < -0.3 is 10.2 Å². The van der Waals surface area contributed by atoms with Gasteiger partial charge in [0.25, 0.3) is 0 Å². The number of fused-ring (bicyclic) bond motifs is 2. The van der Waals surface area contributed by atoms with Gasteiger partial charge in [-0.25, -0.2) is 0 Å². The van der Waals surface area contributed by atoms with E-state index in [1.165, 1.54) is 4.90 Å². The molecule has 0 aliphatic heterocycles. The molecule has 2 nitrogen and oxygen atoms in total. The summed E-state index contributed by atoms with van der Waals surface area (Å²) in [7, 11) is 0. The first kappa shape index (κ1) is 14.5. The maximum atomic E-state index is 10.7. The Morgan fingerprint density at radius 1 is 0.783 bits per heavy atom. The minimum absolute atomic E-state index is 0.340. The Labute approximate surface area is 139 Å². The van der Waals surface area contributed by atoms with Crippen molar-refractivity contribution in [2.24, 2.45) is 0 Å². The number of hydrogen-bond donors (Lipinski definition) is 2. The van der Waals surface area contributed by atoms with E-state index in [2.05, 4.69) is 24.3 Å². The average Bonchev–Trinajstić information content (AvgIpc) is 2.60. The molecule has 116 valence electrons. The topological polar surface area (TPSA) is 40.5 Å². The predicted octanol–water partition coefficient (Wildman–Crippen LogP) is 4.90. The minimum atomic E-state index is 0.340. The zero-order chi connectivity index (χ0) is 15.8. The van der Waals surface area contributed by atoms with Crippen LogP contribution in [-0.4, -0.2) is 15.5 Å². The third kappa shape index (κ3) is 2.55. The number of thioether (sulfide) groups is 1. The van der Waals surface area contributed by atoms with E-state index in [0.717, 1.165) is 41.2 Å². The lowest BCUT2D eigenvalue weighted by Gasteiger charge is -2.26. The van der Waals surface area contributed by atoms with E-state index in [9.17, 15) is 10.2 Å². The van der Waals surface area contributed by atoms with Gasteiger partial charge in [0.05, 0.1) is 0 Å². The number of rotatable bonds is 2. The summed E-state index contributed by atoms with van der Waals surface area (Å²) in [5.41, 5.74) is 1.84. The normalized spacial score (nSPS) is 17.1. The molecule has 0 fully saturated rings. The van der Waals surface area contributed by atoms with E-state index in [1.54, 1.807) is 0 Å². The van der Waals surface area contributed by atoms with Crippen LogP contribution in [0.1, 0.15) is 17.5 Å². The second kappa shape index (κ2) is 5.82. The van der Waals surface area contributed by atoms with Gasteiger partial charge in [0.15, 0.2) is 0 Å². The van der Waals surface area contributed by atoms with Gasteiger partial charge in [-0.3, -0.25) is 0 Å². The lowest BCUT2D eigenvalue weighted by atomic mass is 9.87. The summed E-state index contributed by atoms with van der Waals surface area (Å²) in [5.74, 6) is 0.684. The van der Waals surface area contributed by atoms with Crippen LogP contribution in [0.25, 0.3) is 10.8 Å². The molecule has 0 amide bonds. The van der Waals surface area contributed by atoms with Gasteiger partial charge in [-0.2, -0.15) is 0 Å². The molecule has 23 heavy (non-hydrogen) atoms. The number of phenols is 2. The summed E-state index contributed by atoms with van der Waals surface area (Å²) in [6, 6.07) is 17.9. The molecular weight excluding hydrogens is 304 g/mol. The molecule has 0 radical (unpaired) electrons. The van der Waals surface area contributed by atoms with Crippen LogP contribution in [0, 0.1) is 0 Å². The largest absolute Gasteiger partial charge is 0.507 e. The Bertz CT molecular complexity index is 858. The molecule has 0 spiro atoms. The Hall–Kier alpha value is -2.13. The van der Waals surface area contributed by atoms with Crippen LogP contribution in [0.3, 0.4) is 0 Å². The van der Waals surface area contributed by atoms with Crippen LogP contribution in [0.4, 0.5) is 0 Å². The van der Waals surface area contributed by atoms with Gasteiger partial charge in [0.1, 0.15) is 11.5 Å². The molecule has 4 rings (SSSR count). The molecule has 3 aromatic carbocycles. The summed E-state index contributed by atoms with van der Waals surface area (Å²) in [5, 5.41) is 23.2. The highest BCUT2D eigenvalue weighted by atomic mass is 32.2. The second-order valence-corrected chi connectivity index (χ2v) is 7.37. The first-order chi connectivity index (χ1) is 11.2. The Morgan fingerprint density at radius 3 is 2.09 bits per heavy atom. The Morgan fingerprint density at radius 2 is 1.39 bits per heavy atom. The molecule has 0 saturated heterocycles.